The van der Waals surface area contributed by atoms with E-state index >= 15 is 0 Å². The maximum atomic E-state index is 9.96. The monoisotopic (exact) mass is 115 g/mol. The lowest BCUT2D eigenvalue weighted by molar-refractivity contribution is -0.129. The van der Waals surface area contributed by atoms with Crippen LogP contribution >= 0.6 is 0 Å². The molecule has 0 aromatic rings. The number of hydrogen-bond donors (Lipinski definition) is 1. The maximum absolute atomic E-state index is 9.96. The molecule has 0 aromatic carbocycles. The molecule has 0 spiro atoms. The fraction of sp³-hybridized carbons (Fsp3) is 0.600. The Hall–Kier alpha value is -0.860. The lowest BCUT2D eigenvalue weighted by atomic mass is 10.4. The second kappa shape index (κ2) is 3.18. The Kier molecular flexibility index (Phi) is 2.84. The van der Waals surface area contributed by atoms with E-state index in [9.17, 15) is 4.79 Å². The normalized spacial score (nSPS) is 11.5. The molecule has 0 aliphatic heterocycles. The van der Waals surface area contributed by atoms with Gasteiger partial charge in [0.25, 0.3) is 0 Å². The summed E-state index contributed by atoms with van der Waals surface area (Å²) in [6.07, 6.45) is 0. The third-order valence-electron chi connectivity index (χ3n) is 0.705. The van der Waals surface area contributed by atoms with Crippen LogP contribution < -0.4 is 0 Å². The molecular formula is C5H9NO2. The van der Waals surface area contributed by atoms with E-state index < -0.39 is 5.97 Å². The van der Waals surface area contributed by atoms with Crippen LogP contribution in [0.15, 0.2) is 4.99 Å². The summed E-state index contributed by atoms with van der Waals surface area (Å²) in [7, 11) is 0. The van der Waals surface area contributed by atoms with Crippen molar-refractivity contribution in [1.29, 1.82) is 0 Å². The molecule has 0 heterocycles. The van der Waals surface area contributed by atoms with Crippen molar-refractivity contribution in [1.82, 2.24) is 0 Å². The molecule has 0 amide bonds. The van der Waals surface area contributed by atoms with Gasteiger partial charge in [-0.05, 0) is 13.8 Å². The molecule has 0 bridgehead atoms. The van der Waals surface area contributed by atoms with E-state index in [1.165, 1.54) is 6.92 Å². The minimum atomic E-state index is -0.938. The quantitative estimate of drug-likeness (QED) is 0.534. The molecule has 0 radical (unpaired) electrons. The smallest absolute Gasteiger partial charge is 0.349 e. The lowest BCUT2D eigenvalue weighted by Gasteiger charge is -1.86. The number of rotatable bonds is 2. The second-order valence-corrected chi connectivity index (χ2v) is 1.36. The summed E-state index contributed by atoms with van der Waals surface area (Å²) in [5.41, 5.74) is 0.174. The van der Waals surface area contributed by atoms with Crippen molar-refractivity contribution in [2.45, 2.75) is 13.8 Å². The molecule has 0 rings (SSSR count). The SMILES string of the molecule is CCN=C(C)C(=O)O. The molecule has 46 valence electrons. The highest BCUT2D eigenvalue weighted by molar-refractivity contribution is 6.34. The Labute approximate surface area is 48.1 Å². The molecule has 3 heteroatoms. The average Bonchev–Trinajstić information content (AvgIpc) is 1.67. The summed E-state index contributed by atoms with van der Waals surface area (Å²) in [4.78, 5) is 13.6. The molecule has 0 aliphatic carbocycles. The molecule has 3 nitrogen and oxygen atoms in total. The average molecular weight is 115 g/mol. The number of aliphatic carboxylic acids is 1. The zero-order valence-corrected chi connectivity index (χ0v) is 5.01. The van der Waals surface area contributed by atoms with Gasteiger partial charge in [0, 0.05) is 6.54 Å². The van der Waals surface area contributed by atoms with Gasteiger partial charge in [0.05, 0.1) is 0 Å². The molecule has 8 heavy (non-hydrogen) atoms. The highest BCUT2D eigenvalue weighted by atomic mass is 16.4. The fourth-order valence-electron chi connectivity index (χ4n) is 0.305. The first-order chi connectivity index (χ1) is 3.68. The summed E-state index contributed by atoms with van der Waals surface area (Å²) in [5, 5.41) is 8.18. The van der Waals surface area contributed by atoms with E-state index in [1.807, 2.05) is 0 Å². The zero-order chi connectivity index (χ0) is 6.57. The minimum Gasteiger partial charge on any atom is -0.477 e. The van der Waals surface area contributed by atoms with Crippen LogP contribution in [0.5, 0.6) is 0 Å². The van der Waals surface area contributed by atoms with Gasteiger partial charge < -0.3 is 5.11 Å². The van der Waals surface area contributed by atoms with Gasteiger partial charge in [0.1, 0.15) is 5.71 Å². The Balaban J connectivity index is 3.80. The highest BCUT2D eigenvalue weighted by Gasteiger charge is 1.97. The van der Waals surface area contributed by atoms with E-state index in [-0.39, 0.29) is 5.71 Å². The van der Waals surface area contributed by atoms with E-state index in [2.05, 4.69) is 4.99 Å². The van der Waals surface area contributed by atoms with Crippen molar-refractivity contribution in [3.63, 3.8) is 0 Å². The third-order valence-corrected chi connectivity index (χ3v) is 0.705. The van der Waals surface area contributed by atoms with Crippen molar-refractivity contribution >= 4 is 11.7 Å². The molecule has 0 atom stereocenters. The first kappa shape index (κ1) is 7.14. The fourth-order valence-corrected chi connectivity index (χ4v) is 0.305. The Bertz CT molecular complexity index is 118. The maximum Gasteiger partial charge on any atom is 0.349 e. The largest absolute Gasteiger partial charge is 0.477 e. The predicted molar refractivity (Wildman–Crippen MR) is 31.3 cm³/mol. The van der Waals surface area contributed by atoms with E-state index in [4.69, 9.17) is 5.11 Å². The summed E-state index contributed by atoms with van der Waals surface area (Å²) >= 11 is 0. The van der Waals surface area contributed by atoms with Crippen LogP contribution in [0.4, 0.5) is 0 Å². The van der Waals surface area contributed by atoms with Gasteiger partial charge in [-0.2, -0.15) is 0 Å². The van der Waals surface area contributed by atoms with Crippen LogP contribution in [0, 0.1) is 0 Å². The van der Waals surface area contributed by atoms with Crippen LogP contribution in [0.3, 0.4) is 0 Å². The number of hydrogen-bond acceptors (Lipinski definition) is 2. The molecule has 0 aliphatic rings. The summed E-state index contributed by atoms with van der Waals surface area (Å²) in [6.45, 7) is 3.82. The van der Waals surface area contributed by atoms with Crippen molar-refractivity contribution < 1.29 is 9.90 Å². The van der Waals surface area contributed by atoms with Crippen LogP contribution in [0.2, 0.25) is 0 Å². The van der Waals surface area contributed by atoms with Crippen molar-refractivity contribution in [3.8, 4) is 0 Å². The molecule has 0 fully saturated rings. The number of aliphatic imine (C=N–C) groups is 1. The van der Waals surface area contributed by atoms with Gasteiger partial charge in [-0.15, -0.1) is 0 Å². The van der Waals surface area contributed by atoms with Crippen LogP contribution in [-0.2, 0) is 4.79 Å². The number of carboxylic acid groups (broad SMARTS) is 1. The summed E-state index contributed by atoms with van der Waals surface area (Å²) in [6, 6.07) is 0. The number of carboxylic acids is 1. The first-order valence-electron chi connectivity index (χ1n) is 2.42. The van der Waals surface area contributed by atoms with Crippen molar-refractivity contribution in [3.05, 3.63) is 0 Å². The van der Waals surface area contributed by atoms with Crippen molar-refractivity contribution in [2.75, 3.05) is 6.54 Å². The van der Waals surface area contributed by atoms with Gasteiger partial charge in [0.15, 0.2) is 0 Å². The van der Waals surface area contributed by atoms with Crippen LogP contribution in [0.1, 0.15) is 13.8 Å². The van der Waals surface area contributed by atoms with E-state index in [0.717, 1.165) is 0 Å². The first-order valence-corrected chi connectivity index (χ1v) is 2.42. The van der Waals surface area contributed by atoms with Gasteiger partial charge in [-0.25, -0.2) is 4.79 Å². The Morgan fingerprint density at radius 2 is 2.25 bits per heavy atom. The van der Waals surface area contributed by atoms with Crippen molar-refractivity contribution in [2.24, 2.45) is 4.99 Å². The van der Waals surface area contributed by atoms with E-state index in [1.54, 1.807) is 6.92 Å². The van der Waals surface area contributed by atoms with Gasteiger partial charge >= 0.3 is 5.97 Å². The zero-order valence-electron chi connectivity index (χ0n) is 5.01. The molecule has 0 unspecified atom stereocenters. The Morgan fingerprint density at radius 3 is 2.38 bits per heavy atom. The number of nitrogens with zero attached hydrogens (tertiary/aromatic N) is 1. The molecule has 1 N–H and O–H groups in total. The standard InChI is InChI=1S/C5H9NO2/c1-3-6-4(2)5(7)8/h3H2,1-2H3,(H,7,8). The summed E-state index contributed by atoms with van der Waals surface area (Å²) < 4.78 is 0. The third kappa shape index (κ3) is 2.34. The summed E-state index contributed by atoms with van der Waals surface area (Å²) in [5.74, 6) is -0.938. The Morgan fingerprint density at radius 1 is 1.75 bits per heavy atom. The highest BCUT2D eigenvalue weighted by Crippen LogP contribution is 1.75. The number of carbonyl (C=O) groups is 1. The molecule has 0 saturated carbocycles. The predicted octanol–water partition coefficient (Wildman–Crippen LogP) is 0.552. The van der Waals surface area contributed by atoms with Crippen LogP contribution in [0.25, 0.3) is 0 Å². The molecular weight excluding hydrogens is 106 g/mol. The van der Waals surface area contributed by atoms with Crippen LogP contribution in [-0.4, -0.2) is 23.3 Å². The molecule has 0 saturated heterocycles. The van der Waals surface area contributed by atoms with Gasteiger partial charge in [-0.3, -0.25) is 4.99 Å². The topological polar surface area (TPSA) is 49.7 Å². The van der Waals surface area contributed by atoms with Gasteiger partial charge in [0.2, 0.25) is 0 Å². The van der Waals surface area contributed by atoms with Gasteiger partial charge in [-0.1, -0.05) is 0 Å². The van der Waals surface area contributed by atoms with E-state index in [0.29, 0.717) is 6.54 Å². The minimum absolute atomic E-state index is 0.174. The molecule has 0 aromatic heterocycles. The second-order valence-electron chi connectivity index (χ2n) is 1.36. The lowest BCUT2D eigenvalue weighted by Crippen LogP contribution is -2.07.